The van der Waals surface area contributed by atoms with Crippen LogP contribution in [0.4, 0.5) is 0 Å². The molecular formula is C9H16ClN3S. The number of nitrogens with zero attached hydrogens (tertiary/aromatic N) is 3. The lowest BCUT2D eigenvalue weighted by atomic mass is 10.2. The Bertz CT molecular complexity index is 286. The molecule has 1 rings (SSSR count). The molecule has 0 fully saturated rings. The maximum absolute atomic E-state index is 5.95. The summed E-state index contributed by atoms with van der Waals surface area (Å²) in [6, 6.07) is 0. The number of hydrogen-bond donors (Lipinski definition) is 0. The average molecular weight is 234 g/mol. The highest BCUT2D eigenvalue weighted by molar-refractivity contribution is 7.98. The zero-order valence-electron chi connectivity index (χ0n) is 8.83. The van der Waals surface area contributed by atoms with Crippen LogP contribution in [0.3, 0.4) is 0 Å². The molecule has 0 atom stereocenters. The molecule has 1 heterocycles. The summed E-state index contributed by atoms with van der Waals surface area (Å²) in [5.74, 6) is 2.51. The highest BCUT2D eigenvalue weighted by atomic mass is 35.5. The molecule has 3 nitrogen and oxygen atoms in total. The van der Waals surface area contributed by atoms with E-state index in [-0.39, 0.29) is 0 Å². The Morgan fingerprint density at radius 1 is 1.43 bits per heavy atom. The molecule has 14 heavy (non-hydrogen) atoms. The van der Waals surface area contributed by atoms with Crippen LogP contribution in [0.25, 0.3) is 0 Å². The average Bonchev–Trinajstić information content (AvgIpc) is 2.48. The Hall–Kier alpha value is -0.220. The normalized spacial score (nSPS) is 11.2. The number of halogens is 1. The summed E-state index contributed by atoms with van der Waals surface area (Å²) in [5.41, 5.74) is 0. The summed E-state index contributed by atoms with van der Waals surface area (Å²) in [5, 5.41) is 8.47. The Kier molecular flexibility index (Phi) is 4.75. The third-order valence-electron chi connectivity index (χ3n) is 1.98. The second kappa shape index (κ2) is 5.61. The van der Waals surface area contributed by atoms with Crippen molar-refractivity contribution in [2.75, 3.05) is 12.0 Å². The third kappa shape index (κ3) is 2.89. The van der Waals surface area contributed by atoms with Gasteiger partial charge in [0.05, 0.1) is 0 Å². The van der Waals surface area contributed by atoms with Crippen LogP contribution in [0.1, 0.15) is 32.0 Å². The van der Waals surface area contributed by atoms with Gasteiger partial charge in [0.2, 0.25) is 5.28 Å². The first-order valence-corrected chi connectivity index (χ1v) is 6.51. The van der Waals surface area contributed by atoms with Crippen molar-refractivity contribution in [3.63, 3.8) is 0 Å². The lowest BCUT2D eigenvalue weighted by Crippen LogP contribution is -2.06. The molecular weight excluding hydrogens is 218 g/mol. The minimum absolute atomic E-state index is 0.379. The van der Waals surface area contributed by atoms with E-state index in [0.29, 0.717) is 11.2 Å². The van der Waals surface area contributed by atoms with Gasteiger partial charge in [-0.05, 0) is 30.0 Å². The molecule has 0 spiro atoms. The fraction of sp³-hybridized carbons (Fsp3) is 0.778. The second-order valence-electron chi connectivity index (χ2n) is 3.48. The van der Waals surface area contributed by atoms with Gasteiger partial charge in [0.15, 0.2) is 0 Å². The minimum Gasteiger partial charge on any atom is -0.302 e. The molecule has 0 aliphatic rings. The molecule has 0 radical (unpaired) electrons. The SMILES string of the molecule is CSCCCn1c(Cl)nnc1C(C)C. The van der Waals surface area contributed by atoms with Crippen molar-refractivity contribution in [2.45, 2.75) is 32.7 Å². The number of hydrogen-bond acceptors (Lipinski definition) is 3. The van der Waals surface area contributed by atoms with E-state index in [1.807, 2.05) is 16.3 Å². The zero-order valence-corrected chi connectivity index (χ0v) is 10.4. The maximum Gasteiger partial charge on any atom is 0.225 e. The highest BCUT2D eigenvalue weighted by Crippen LogP contribution is 2.17. The minimum atomic E-state index is 0.379. The van der Waals surface area contributed by atoms with Crippen molar-refractivity contribution >= 4 is 23.4 Å². The Morgan fingerprint density at radius 3 is 2.71 bits per heavy atom. The van der Waals surface area contributed by atoms with Gasteiger partial charge in [-0.15, -0.1) is 10.2 Å². The molecule has 1 aromatic heterocycles. The summed E-state index contributed by atoms with van der Waals surface area (Å²) in [4.78, 5) is 0. The molecule has 0 unspecified atom stereocenters. The number of aromatic nitrogens is 3. The van der Waals surface area contributed by atoms with E-state index in [9.17, 15) is 0 Å². The molecule has 0 aromatic carbocycles. The van der Waals surface area contributed by atoms with Crippen LogP contribution in [0.15, 0.2) is 0 Å². The van der Waals surface area contributed by atoms with Crippen molar-refractivity contribution in [3.8, 4) is 0 Å². The molecule has 0 saturated carbocycles. The summed E-state index contributed by atoms with van der Waals surface area (Å²) in [7, 11) is 0. The quantitative estimate of drug-likeness (QED) is 0.733. The molecule has 5 heteroatoms. The van der Waals surface area contributed by atoms with E-state index >= 15 is 0 Å². The first kappa shape index (κ1) is 11.9. The van der Waals surface area contributed by atoms with E-state index in [1.165, 1.54) is 0 Å². The fourth-order valence-corrected chi connectivity index (χ4v) is 1.92. The lowest BCUT2D eigenvalue weighted by molar-refractivity contribution is 0.613. The summed E-state index contributed by atoms with van der Waals surface area (Å²) in [6.45, 7) is 5.12. The second-order valence-corrected chi connectivity index (χ2v) is 4.80. The molecule has 0 amide bonds. The van der Waals surface area contributed by atoms with Crippen LogP contribution < -0.4 is 0 Å². The molecule has 1 aromatic rings. The first-order valence-electron chi connectivity index (χ1n) is 4.74. The number of thioether (sulfide) groups is 1. The van der Waals surface area contributed by atoms with E-state index in [4.69, 9.17) is 11.6 Å². The molecule has 80 valence electrons. The van der Waals surface area contributed by atoms with E-state index < -0.39 is 0 Å². The van der Waals surface area contributed by atoms with Gasteiger partial charge in [0.1, 0.15) is 5.82 Å². The van der Waals surface area contributed by atoms with Crippen LogP contribution in [0, 0.1) is 0 Å². The van der Waals surface area contributed by atoms with Gasteiger partial charge in [-0.3, -0.25) is 0 Å². The first-order chi connectivity index (χ1) is 6.66. The van der Waals surface area contributed by atoms with Crippen molar-refractivity contribution in [1.82, 2.24) is 14.8 Å². The largest absolute Gasteiger partial charge is 0.302 e. The Morgan fingerprint density at radius 2 is 2.14 bits per heavy atom. The van der Waals surface area contributed by atoms with Crippen molar-refractivity contribution in [3.05, 3.63) is 11.1 Å². The van der Waals surface area contributed by atoms with Crippen molar-refractivity contribution in [2.24, 2.45) is 0 Å². The van der Waals surface area contributed by atoms with Gasteiger partial charge in [0.25, 0.3) is 0 Å². The summed E-state index contributed by atoms with van der Waals surface area (Å²) >= 11 is 7.80. The number of rotatable bonds is 5. The van der Waals surface area contributed by atoms with Crippen molar-refractivity contribution in [1.29, 1.82) is 0 Å². The molecule has 0 bridgehead atoms. The fourth-order valence-electron chi connectivity index (χ4n) is 1.30. The smallest absolute Gasteiger partial charge is 0.225 e. The molecule has 0 aliphatic carbocycles. The van der Waals surface area contributed by atoms with Crippen LogP contribution in [0.5, 0.6) is 0 Å². The van der Waals surface area contributed by atoms with Crippen LogP contribution in [-0.2, 0) is 6.54 Å². The van der Waals surface area contributed by atoms with Gasteiger partial charge in [0, 0.05) is 12.5 Å². The van der Waals surface area contributed by atoms with Crippen LogP contribution >= 0.6 is 23.4 Å². The Labute approximate surface area is 94.2 Å². The van der Waals surface area contributed by atoms with Gasteiger partial charge >= 0.3 is 0 Å². The van der Waals surface area contributed by atoms with Crippen LogP contribution in [0.2, 0.25) is 5.28 Å². The monoisotopic (exact) mass is 233 g/mol. The van der Waals surface area contributed by atoms with E-state index in [2.05, 4.69) is 30.3 Å². The van der Waals surface area contributed by atoms with Gasteiger partial charge < -0.3 is 4.57 Å². The maximum atomic E-state index is 5.95. The zero-order chi connectivity index (χ0) is 10.6. The highest BCUT2D eigenvalue weighted by Gasteiger charge is 2.12. The van der Waals surface area contributed by atoms with E-state index in [0.717, 1.165) is 24.5 Å². The predicted octanol–water partition coefficient (Wildman–Crippen LogP) is 2.81. The third-order valence-corrected chi connectivity index (χ3v) is 2.96. The van der Waals surface area contributed by atoms with Crippen molar-refractivity contribution < 1.29 is 0 Å². The van der Waals surface area contributed by atoms with Crippen LogP contribution in [-0.4, -0.2) is 26.8 Å². The van der Waals surface area contributed by atoms with E-state index in [1.54, 1.807) is 0 Å². The standard InChI is InChI=1S/C9H16ClN3S/c1-7(2)8-11-12-9(10)13(8)5-4-6-14-3/h7H,4-6H2,1-3H3. The van der Waals surface area contributed by atoms with Gasteiger partial charge in [-0.2, -0.15) is 11.8 Å². The van der Waals surface area contributed by atoms with Gasteiger partial charge in [-0.25, -0.2) is 0 Å². The summed E-state index contributed by atoms with van der Waals surface area (Å²) in [6.07, 6.45) is 3.22. The summed E-state index contributed by atoms with van der Waals surface area (Å²) < 4.78 is 2.00. The Balaban J connectivity index is 2.67. The lowest BCUT2D eigenvalue weighted by Gasteiger charge is -2.08. The molecule has 0 aliphatic heterocycles. The predicted molar refractivity (Wildman–Crippen MR) is 62.1 cm³/mol. The molecule has 0 N–H and O–H groups in total. The topological polar surface area (TPSA) is 30.7 Å². The van der Waals surface area contributed by atoms with Gasteiger partial charge in [-0.1, -0.05) is 13.8 Å². The molecule has 0 saturated heterocycles.